The van der Waals surface area contributed by atoms with E-state index in [0.29, 0.717) is 42.5 Å². The highest BCUT2D eigenvalue weighted by atomic mass is 16.5. The first-order valence-corrected chi connectivity index (χ1v) is 15.4. The smallest absolute Gasteiger partial charge is 0.174 e. The average Bonchev–Trinajstić information content (AvgIpc) is 3.50. The summed E-state index contributed by atoms with van der Waals surface area (Å²) in [6.07, 6.45) is 6.52. The Morgan fingerprint density at radius 3 is 1.93 bits per heavy atom. The molecule has 4 fully saturated rings. The summed E-state index contributed by atoms with van der Waals surface area (Å²) in [5.74, 6) is 3.89. The van der Waals surface area contributed by atoms with E-state index in [2.05, 4.69) is 16.7 Å². The summed E-state index contributed by atoms with van der Waals surface area (Å²) in [5, 5.41) is 17.4. The van der Waals surface area contributed by atoms with E-state index in [1.54, 1.807) is 13.2 Å². The molecule has 2 aromatic carbocycles. The van der Waals surface area contributed by atoms with Gasteiger partial charge in [-0.3, -0.25) is 9.59 Å². The van der Waals surface area contributed by atoms with E-state index < -0.39 is 0 Å². The number of hydrogen-bond acceptors (Lipinski definition) is 8. The molecule has 214 valence electrons. The maximum Gasteiger partial charge on any atom is 0.174 e. The number of carbonyl (C=O) groups is 2. The third kappa shape index (κ3) is 2.88. The van der Waals surface area contributed by atoms with Crippen molar-refractivity contribution in [2.75, 3.05) is 20.2 Å². The predicted octanol–water partition coefficient (Wildman–Crippen LogP) is 2.88. The molecule has 0 amide bonds. The Labute approximate surface area is 239 Å². The first-order chi connectivity index (χ1) is 20.0. The number of rotatable bonds is 1. The highest BCUT2D eigenvalue weighted by Gasteiger charge is 2.66. The number of nitrogens with one attached hydrogen (secondary N) is 2. The van der Waals surface area contributed by atoms with Crippen molar-refractivity contribution in [1.29, 1.82) is 0 Å². The van der Waals surface area contributed by atoms with Gasteiger partial charge in [0.05, 0.1) is 7.11 Å². The zero-order valence-corrected chi connectivity index (χ0v) is 23.3. The standard InChI is InChI=1S/C17H19NO3.C16H17NO3/c1-20-13-5-2-9-8-11-10-3-4-12(19)16-17(10,6-7-18-11)14(9)15(13)21-16;18-11-3-1-8-7-10-9-2-4-12(19)15-16(9,5-6-17-10)13(8)14(11)20-15/h2,5,10-11,16,18H,3-4,6-8H2,1H3;1,3,9-10,15,17-18H,2,4-7H2. The number of ether oxygens (including phenoxy) is 3. The van der Waals surface area contributed by atoms with Crippen LogP contribution < -0.4 is 24.8 Å². The molecule has 2 saturated heterocycles. The van der Waals surface area contributed by atoms with Crippen LogP contribution in [-0.4, -0.2) is 61.2 Å². The number of ketones is 2. The third-order valence-electron chi connectivity index (χ3n) is 12.0. The molecule has 41 heavy (non-hydrogen) atoms. The second-order valence-corrected chi connectivity index (χ2v) is 13.4. The number of Topliss-reactive ketones (excluding diaryl/α,β-unsaturated/α-hetero) is 2. The van der Waals surface area contributed by atoms with Gasteiger partial charge in [-0.1, -0.05) is 12.1 Å². The van der Waals surface area contributed by atoms with E-state index in [9.17, 15) is 14.7 Å². The van der Waals surface area contributed by atoms with Crippen LogP contribution in [0.5, 0.6) is 23.0 Å². The summed E-state index contributed by atoms with van der Waals surface area (Å²) in [7, 11) is 1.68. The lowest BCUT2D eigenvalue weighted by Gasteiger charge is -2.54. The molecule has 3 N–H and O–H groups in total. The third-order valence-corrected chi connectivity index (χ3v) is 12.0. The van der Waals surface area contributed by atoms with Gasteiger partial charge in [-0.2, -0.15) is 0 Å². The van der Waals surface area contributed by atoms with Crippen molar-refractivity contribution < 1.29 is 28.9 Å². The molecule has 8 heteroatoms. The van der Waals surface area contributed by atoms with E-state index in [1.807, 2.05) is 12.1 Å². The molecule has 8 aliphatic rings. The molecule has 2 saturated carbocycles. The average molecular weight is 557 g/mol. The highest BCUT2D eigenvalue weighted by molar-refractivity contribution is 5.90. The first kappa shape index (κ1) is 24.5. The van der Waals surface area contributed by atoms with Gasteiger partial charge in [0, 0.05) is 46.9 Å². The topological polar surface area (TPSA) is 106 Å². The van der Waals surface area contributed by atoms with Crippen molar-refractivity contribution >= 4 is 11.6 Å². The summed E-state index contributed by atoms with van der Waals surface area (Å²) >= 11 is 0. The molecular weight excluding hydrogens is 520 g/mol. The van der Waals surface area contributed by atoms with E-state index in [1.165, 1.54) is 16.7 Å². The normalized spacial score (nSPS) is 39.4. The summed E-state index contributed by atoms with van der Waals surface area (Å²) in [5.41, 5.74) is 4.77. The Morgan fingerprint density at radius 1 is 0.805 bits per heavy atom. The Balaban J connectivity index is 0.000000117. The van der Waals surface area contributed by atoms with Crippen molar-refractivity contribution in [2.24, 2.45) is 11.8 Å². The van der Waals surface area contributed by atoms with E-state index in [4.69, 9.17) is 14.2 Å². The number of methoxy groups -OCH3 is 1. The molecule has 8 nitrogen and oxygen atoms in total. The molecular formula is C33H36N2O6. The van der Waals surface area contributed by atoms with Crippen molar-refractivity contribution in [3.63, 3.8) is 0 Å². The summed E-state index contributed by atoms with van der Waals surface area (Å²) in [6, 6.07) is 8.82. The lowest BCUT2D eigenvalue weighted by molar-refractivity contribution is -0.136. The highest BCUT2D eigenvalue weighted by Crippen LogP contribution is 2.63. The first-order valence-electron chi connectivity index (χ1n) is 15.4. The molecule has 4 aliphatic heterocycles. The minimum atomic E-state index is -0.367. The molecule has 4 heterocycles. The second kappa shape index (κ2) is 8.26. The van der Waals surface area contributed by atoms with E-state index >= 15 is 0 Å². The molecule has 0 aromatic heterocycles. The van der Waals surface area contributed by atoms with Crippen LogP contribution in [0.4, 0.5) is 0 Å². The van der Waals surface area contributed by atoms with E-state index in [0.717, 1.165) is 68.7 Å². The van der Waals surface area contributed by atoms with Gasteiger partial charge >= 0.3 is 0 Å². The zero-order valence-electron chi connectivity index (χ0n) is 23.3. The van der Waals surface area contributed by atoms with Crippen molar-refractivity contribution in [3.05, 3.63) is 46.5 Å². The number of phenolic OH excluding ortho intramolecular Hbond substituents is 1. The summed E-state index contributed by atoms with van der Waals surface area (Å²) in [4.78, 5) is 24.9. The van der Waals surface area contributed by atoms with Gasteiger partial charge in [-0.05, 0) is 86.7 Å². The Kier molecular flexibility index (Phi) is 4.93. The molecule has 0 radical (unpaired) electrons. The number of phenols is 1. The van der Waals surface area contributed by atoms with Gasteiger partial charge in [0.15, 0.2) is 46.8 Å². The summed E-state index contributed by atoms with van der Waals surface area (Å²) < 4.78 is 17.7. The lowest BCUT2D eigenvalue weighted by Crippen LogP contribution is -2.65. The fraction of sp³-hybridized carbons (Fsp3) is 0.576. The summed E-state index contributed by atoms with van der Waals surface area (Å²) in [6.45, 7) is 1.91. The van der Waals surface area contributed by atoms with Gasteiger partial charge in [0.1, 0.15) is 0 Å². The number of carbonyl (C=O) groups excluding carboxylic acids is 2. The Hall–Kier alpha value is -3.10. The molecule has 2 spiro atoms. The SMILES string of the molecule is COc1ccc2c3c1OC1C(=O)CCC4C(C2)NCCC314.O=C1CCC2C3Cc4ccc(O)c5c4C2(CCN3)C1O5. The fourth-order valence-corrected chi connectivity index (χ4v) is 10.6. The zero-order chi connectivity index (χ0) is 27.7. The molecule has 10 rings (SSSR count). The van der Waals surface area contributed by atoms with Crippen molar-refractivity contribution in [3.8, 4) is 23.0 Å². The van der Waals surface area contributed by atoms with Gasteiger partial charge in [-0.25, -0.2) is 0 Å². The van der Waals surface area contributed by atoms with Crippen molar-refractivity contribution in [1.82, 2.24) is 10.6 Å². The van der Waals surface area contributed by atoms with Gasteiger partial charge < -0.3 is 30.0 Å². The largest absolute Gasteiger partial charge is 0.504 e. The van der Waals surface area contributed by atoms with Crippen molar-refractivity contribution in [2.45, 2.75) is 86.5 Å². The quantitative estimate of drug-likeness (QED) is 0.493. The number of aromatic hydroxyl groups is 1. The van der Waals surface area contributed by atoms with Crippen LogP contribution in [0.25, 0.3) is 0 Å². The van der Waals surface area contributed by atoms with Crippen LogP contribution in [0, 0.1) is 11.8 Å². The van der Waals surface area contributed by atoms with Gasteiger partial charge in [0.25, 0.3) is 0 Å². The van der Waals surface area contributed by atoms with Crippen LogP contribution in [0.15, 0.2) is 24.3 Å². The van der Waals surface area contributed by atoms with E-state index in [-0.39, 0.29) is 40.4 Å². The Morgan fingerprint density at radius 2 is 1.34 bits per heavy atom. The molecule has 4 bridgehead atoms. The van der Waals surface area contributed by atoms with Gasteiger partial charge in [-0.15, -0.1) is 0 Å². The van der Waals surface area contributed by atoms with Crippen LogP contribution in [0.3, 0.4) is 0 Å². The maximum absolute atomic E-state index is 12.5. The van der Waals surface area contributed by atoms with Crippen LogP contribution in [0.1, 0.15) is 60.8 Å². The number of benzene rings is 2. The Bertz CT molecular complexity index is 1520. The second-order valence-electron chi connectivity index (χ2n) is 13.4. The number of hydrogen-bond donors (Lipinski definition) is 3. The molecule has 2 aromatic rings. The minimum absolute atomic E-state index is 0.0945. The van der Waals surface area contributed by atoms with Crippen LogP contribution in [0.2, 0.25) is 0 Å². The molecule has 4 aliphatic carbocycles. The van der Waals surface area contributed by atoms with Crippen LogP contribution in [-0.2, 0) is 33.3 Å². The maximum atomic E-state index is 12.5. The predicted molar refractivity (Wildman–Crippen MR) is 149 cm³/mol. The number of piperidine rings is 2. The molecule has 8 atom stereocenters. The fourth-order valence-electron chi connectivity index (χ4n) is 10.6. The minimum Gasteiger partial charge on any atom is -0.504 e. The van der Waals surface area contributed by atoms with Crippen LogP contribution >= 0.6 is 0 Å². The van der Waals surface area contributed by atoms with Gasteiger partial charge in [0.2, 0.25) is 0 Å². The monoisotopic (exact) mass is 556 g/mol. The molecule has 8 unspecified atom stereocenters. The lowest BCUT2D eigenvalue weighted by atomic mass is 9.52.